The van der Waals surface area contributed by atoms with Gasteiger partial charge in [0.2, 0.25) is 0 Å². The van der Waals surface area contributed by atoms with Crippen LogP contribution in [-0.2, 0) is 13.1 Å². The molecular weight excluding hydrogens is 414 g/mol. The highest BCUT2D eigenvalue weighted by Gasteiger charge is 2.19. The number of para-hydroxylation sites is 1. The summed E-state index contributed by atoms with van der Waals surface area (Å²) in [5.41, 5.74) is 2.40. The van der Waals surface area contributed by atoms with Crippen molar-refractivity contribution < 1.29 is 4.79 Å². The average molecular weight is 448 g/mol. The highest BCUT2D eigenvalue weighted by atomic mass is 16.2. The first-order chi connectivity index (χ1) is 16.1. The summed E-state index contributed by atoms with van der Waals surface area (Å²) in [6, 6.07) is 15.5. The summed E-state index contributed by atoms with van der Waals surface area (Å²) in [6.45, 7) is 7.03. The second-order valence-electron chi connectivity index (χ2n) is 8.73. The summed E-state index contributed by atoms with van der Waals surface area (Å²) >= 11 is 0. The van der Waals surface area contributed by atoms with Crippen LogP contribution < -0.4 is 15.8 Å². The van der Waals surface area contributed by atoms with Gasteiger partial charge in [-0.15, -0.1) is 0 Å². The SMILES string of the molecule is CCCCCn1nc(C(=O)NCc2ccccc2N2CCN(C)CC2)c2ccccc2c1=O. The molecule has 7 heteroatoms. The van der Waals surface area contributed by atoms with Crippen LogP contribution in [0.1, 0.15) is 42.2 Å². The lowest BCUT2D eigenvalue weighted by Crippen LogP contribution is -2.45. The quantitative estimate of drug-likeness (QED) is 0.537. The lowest BCUT2D eigenvalue weighted by atomic mass is 10.1. The smallest absolute Gasteiger partial charge is 0.274 e. The zero-order valence-corrected chi connectivity index (χ0v) is 19.6. The van der Waals surface area contributed by atoms with Gasteiger partial charge in [-0.3, -0.25) is 9.59 Å². The summed E-state index contributed by atoms with van der Waals surface area (Å²) in [6.07, 6.45) is 2.94. The minimum atomic E-state index is -0.261. The van der Waals surface area contributed by atoms with Crippen molar-refractivity contribution in [3.63, 3.8) is 0 Å². The highest BCUT2D eigenvalue weighted by molar-refractivity contribution is 6.04. The number of nitrogens with zero attached hydrogens (tertiary/aromatic N) is 4. The minimum absolute atomic E-state index is 0.140. The first-order valence-corrected chi connectivity index (χ1v) is 11.9. The van der Waals surface area contributed by atoms with Crippen LogP contribution in [0.25, 0.3) is 10.8 Å². The zero-order valence-electron chi connectivity index (χ0n) is 19.6. The van der Waals surface area contributed by atoms with Gasteiger partial charge in [-0.25, -0.2) is 4.68 Å². The number of likely N-dealkylation sites (N-methyl/N-ethyl adjacent to an activating group) is 1. The van der Waals surface area contributed by atoms with Gasteiger partial charge < -0.3 is 15.1 Å². The molecule has 2 heterocycles. The normalized spacial score (nSPS) is 14.5. The molecule has 0 unspecified atom stereocenters. The number of anilines is 1. The summed E-state index contributed by atoms with van der Waals surface area (Å²) in [7, 11) is 2.14. The van der Waals surface area contributed by atoms with Crippen LogP contribution in [0.4, 0.5) is 5.69 Å². The molecule has 1 aliphatic heterocycles. The number of piperazine rings is 1. The fourth-order valence-corrected chi connectivity index (χ4v) is 4.34. The number of hydrogen-bond donors (Lipinski definition) is 1. The monoisotopic (exact) mass is 447 g/mol. The maximum absolute atomic E-state index is 13.2. The van der Waals surface area contributed by atoms with Gasteiger partial charge in [0.15, 0.2) is 5.69 Å². The number of carbonyl (C=O) groups is 1. The molecular formula is C26H33N5O2. The Bertz CT molecular complexity index is 1160. The number of hydrogen-bond acceptors (Lipinski definition) is 5. The van der Waals surface area contributed by atoms with Crippen LogP contribution in [0.3, 0.4) is 0 Å². The molecule has 1 N–H and O–H groups in total. The van der Waals surface area contributed by atoms with Crippen molar-refractivity contribution >= 4 is 22.4 Å². The number of aryl methyl sites for hydroxylation is 1. The van der Waals surface area contributed by atoms with E-state index in [0.29, 0.717) is 29.6 Å². The van der Waals surface area contributed by atoms with E-state index in [4.69, 9.17) is 0 Å². The van der Waals surface area contributed by atoms with Crippen molar-refractivity contribution in [3.8, 4) is 0 Å². The van der Waals surface area contributed by atoms with Crippen molar-refractivity contribution in [1.82, 2.24) is 20.0 Å². The van der Waals surface area contributed by atoms with E-state index in [-0.39, 0.29) is 11.5 Å². The molecule has 0 atom stereocenters. The van der Waals surface area contributed by atoms with Gasteiger partial charge in [-0.1, -0.05) is 56.2 Å². The van der Waals surface area contributed by atoms with Crippen LogP contribution in [0.2, 0.25) is 0 Å². The molecule has 1 amide bonds. The topological polar surface area (TPSA) is 70.5 Å². The Morgan fingerprint density at radius 1 is 0.970 bits per heavy atom. The lowest BCUT2D eigenvalue weighted by molar-refractivity contribution is 0.0945. The number of unbranched alkanes of at least 4 members (excludes halogenated alkanes) is 2. The molecule has 3 aromatic rings. The molecule has 0 bridgehead atoms. The standard InChI is InChI=1S/C26H33N5O2/c1-3-4-9-14-31-26(33)22-12-7-6-11-21(22)24(28-31)25(32)27-19-20-10-5-8-13-23(20)30-17-15-29(2)16-18-30/h5-8,10-13H,3-4,9,14-19H2,1-2H3,(H,27,32). The summed E-state index contributed by atoms with van der Waals surface area (Å²) in [5, 5.41) is 8.67. The van der Waals surface area contributed by atoms with Gasteiger partial charge in [0.25, 0.3) is 11.5 Å². The second kappa shape index (κ2) is 10.6. The van der Waals surface area contributed by atoms with E-state index < -0.39 is 0 Å². The van der Waals surface area contributed by atoms with E-state index in [0.717, 1.165) is 56.7 Å². The van der Waals surface area contributed by atoms with Crippen LogP contribution in [0.15, 0.2) is 53.3 Å². The molecule has 1 aromatic heterocycles. The number of nitrogens with one attached hydrogen (secondary N) is 1. The van der Waals surface area contributed by atoms with E-state index >= 15 is 0 Å². The van der Waals surface area contributed by atoms with Crippen LogP contribution >= 0.6 is 0 Å². The second-order valence-corrected chi connectivity index (χ2v) is 8.73. The molecule has 1 fully saturated rings. The van der Waals surface area contributed by atoms with Crippen molar-refractivity contribution in [1.29, 1.82) is 0 Å². The Balaban J connectivity index is 1.56. The molecule has 0 aliphatic carbocycles. The number of fused-ring (bicyclic) bond motifs is 1. The molecule has 2 aromatic carbocycles. The molecule has 0 spiro atoms. The largest absolute Gasteiger partial charge is 0.369 e. The first kappa shape index (κ1) is 23.0. The molecule has 174 valence electrons. The van der Waals surface area contributed by atoms with Crippen molar-refractivity contribution in [3.05, 3.63) is 70.1 Å². The molecule has 4 rings (SSSR count). The fraction of sp³-hybridized carbons (Fsp3) is 0.423. The van der Waals surface area contributed by atoms with E-state index in [1.807, 2.05) is 24.3 Å². The third kappa shape index (κ3) is 5.25. The van der Waals surface area contributed by atoms with Crippen molar-refractivity contribution in [2.45, 2.75) is 39.3 Å². The van der Waals surface area contributed by atoms with Crippen LogP contribution in [-0.4, -0.2) is 53.8 Å². The van der Waals surface area contributed by atoms with Gasteiger partial charge in [-0.2, -0.15) is 5.10 Å². The average Bonchev–Trinajstić information content (AvgIpc) is 2.85. The predicted octanol–water partition coefficient (Wildman–Crippen LogP) is 3.27. The van der Waals surface area contributed by atoms with E-state index in [2.05, 4.69) is 46.3 Å². The lowest BCUT2D eigenvalue weighted by Gasteiger charge is -2.35. The Morgan fingerprint density at radius 3 is 2.42 bits per heavy atom. The molecule has 1 aliphatic rings. The summed E-state index contributed by atoms with van der Waals surface area (Å²) in [4.78, 5) is 30.8. The number of benzene rings is 2. The number of amides is 1. The third-order valence-electron chi connectivity index (χ3n) is 6.33. The van der Waals surface area contributed by atoms with Crippen molar-refractivity contribution in [2.24, 2.45) is 0 Å². The van der Waals surface area contributed by atoms with E-state index in [1.165, 1.54) is 4.68 Å². The summed E-state index contributed by atoms with van der Waals surface area (Å²) in [5.74, 6) is -0.261. The minimum Gasteiger partial charge on any atom is -0.369 e. The first-order valence-electron chi connectivity index (χ1n) is 11.9. The number of aromatic nitrogens is 2. The van der Waals surface area contributed by atoms with Gasteiger partial charge in [0, 0.05) is 50.3 Å². The molecule has 1 saturated heterocycles. The fourth-order valence-electron chi connectivity index (χ4n) is 4.34. The number of carbonyl (C=O) groups excluding carboxylic acids is 1. The maximum atomic E-state index is 13.2. The van der Waals surface area contributed by atoms with Gasteiger partial charge in [0.1, 0.15) is 0 Å². The van der Waals surface area contributed by atoms with Crippen LogP contribution in [0.5, 0.6) is 0 Å². The van der Waals surface area contributed by atoms with Gasteiger partial charge >= 0.3 is 0 Å². The van der Waals surface area contributed by atoms with Gasteiger partial charge in [0.05, 0.1) is 5.39 Å². The van der Waals surface area contributed by atoms with Crippen molar-refractivity contribution in [2.75, 3.05) is 38.1 Å². The molecule has 0 saturated carbocycles. The highest BCUT2D eigenvalue weighted by Crippen LogP contribution is 2.22. The third-order valence-corrected chi connectivity index (χ3v) is 6.33. The predicted molar refractivity (Wildman–Crippen MR) is 133 cm³/mol. The Labute approximate surface area is 195 Å². The maximum Gasteiger partial charge on any atom is 0.274 e. The Morgan fingerprint density at radius 2 is 1.67 bits per heavy atom. The Hall–Kier alpha value is -3.19. The number of rotatable bonds is 8. The zero-order chi connectivity index (χ0) is 23.2. The van der Waals surface area contributed by atoms with Gasteiger partial charge in [-0.05, 0) is 31.2 Å². The molecule has 0 radical (unpaired) electrons. The Kier molecular flexibility index (Phi) is 7.40. The molecule has 7 nitrogen and oxygen atoms in total. The molecule has 33 heavy (non-hydrogen) atoms. The summed E-state index contributed by atoms with van der Waals surface area (Å²) < 4.78 is 1.45. The van der Waals surface area contributed by atoms with Crippen LogP contribution in [0, 0.1) is 0 Å². The van der Waals surface area contributed by atoms with E-state index in [1.54, 1.807) is 12.1 Å². The van der Waals surface area contributed by atoms with E-state index in [9.17, 15) is 9.59 Å².